The van der Waals surface area contributed by atoms with Crippen LogP contribution in [0.15, 0.2) is 19.0 Å². The molecular formula is C13H15IN6O. The molecule has 3 rings (SSSR count). The van der Waals surface area contributed by atoms with Gasteiger partial charge in [0.2, 0.25) is 5.91 Å². The fourth-order valence-corrected chi connectivity index (χ4v) is 3.53. The number of hydrogen-bond acceptors (Lipinski definition) is 5. The van der Waals surface area contributed by atoms with Gasteiger partial charge >= 0.3 is 0 Å². The van der Waals surface area contributed by atoms with E-state index in [-0.39, 0.29) is 18.0 Å². The van der Waals surface area contributed by atoms with Gasteiger partial charge in [0.1, 0.15) is 15.8 Å². The number of halogens is 1. The van der Waals surface area contributed by atoms with Gasteiger partial charge in [-0.15, -0.1) is 0 Å². The van der Waals surface area contributed by atoms with Crippen molar-refractivity contribution in [2.75, 3.05) is 5.73 Å². The van der Waals surface area contributed by atoms with Crippen LogP contribution >= 0.6 is 22.6 Å². The maximum atomic E-state index is 11.4. The van der Waals surface area contributed by atoms with Crippen LogP contribution in [-0.4, -0.2) is 31.7 Å². The molecule has 21 heavy (non-hydrogen) atoms. The number of nitrogen functional groups attached to an aromatic ring is 1. The summed E-state index contributed by atoms with van der Waals surface area (Å²) in [6, 6.07) is 0.358. The molecule has 0 aromatic carbocycles. The van der Waals surface area contributed by atoms with E-state index in [1.807, 2.05) is 4.68 Å². The van der Waals surface area contributed by atoms with E-state index in [0.29, 0.717) is 5.82 Å². The van der Waals surface area contributed by atoms with E-state index in [1.54, 1.807) is 0 Å². The lowest BCUT2D eigenvalue weighted by molar-refractivity contribution is -0.117. The summed E-state index contributed by atoms with van der Waals surface area (Å²) in [5, 5.41) is 8.29. The number of nitrogens with one attached hydrogen (secondary N) is 1. The Labute approximate surface area is 135 Å². The van der Waals surface area contributed by atoms with Crippen LogP contribution in [0.5, 0.6) is 0 Å². The number of carbonyl (C=O) groups excluding carboxylic acids is 1. The fourth-order valence-electron chi connectivity index (χ4n) is 2.78. The Morgan fingerprint density at radius 2 is 2.33 bits per heavy atom. The van der Waals surface area contributed by atoms with Crippen LogP contribution in [0.3, 0.4) is 0 Å². The molecule has 1 aliphatic carbocycles. The van der Waals surface area contributed by atoms with Gasteiger partial charge in [-0.1, -0.05) is 6.58 Å². The van der Waals surface area contributed by atoms with Crippen molar-refractivity contribution in [3.63, 3.8) is 0 Å². The van der Waals surface area contributed by atoms with Gasteiger partial charge in [0.05, 0.1) is 11.4 Å². The Morgan fingerprint density at radius 1 is 1.52 bits per heavy atom. The summed E-state index contributed by atoms with van der Waals surface area (Å²) >= 11 is 2.15. The summed E-state index contributed by atoms with van der Waals surface area (Å²) in [4.78, 5) is 19.7. The SMILES string of the molecule is C=CC(=O)N[C@H]1CC[C@H](n2nc(I)c3c(N)ncnc32)C1. The third kappa shape index (κ3) is 2.59. The van der Waals surface area contributed by atoms with Crippen molar-refractivity contribution in [1.82, 2.24) is 25.1 Å². The second kappa shape index (κ2) is 5.58. The first-order valence-corrected chi connectivity index (χ1v) is 7.75. The van der Waals surface area contributed by atoms with E-state index in [4.69, 9.17) is 5.73 Å². The molecule has 2 atom stereocenters. The molecule has 8 heteroatoms. The highest BCUT2D eigenvalue weighted by atomic mass is 127. The normalized spacial score (nSPS) is 21.6. The number of amides is 1. The molecule has 2 aromatic heterocycles. The molecule has 1 aliphatic rings. The number of nitrogens with two attached hydrogens (primary N) is 1. The minimum atomic E-state index is -0.132. The zero-order chi connectivity index (χ0) is 15.0. The summed E-state index contributed by atoms with van der Waals surface area (Å²) in [7, 11) is 0. The van der Waals surface area contributed by atoms with Crippen molar-refractivity contribution < 1.29 is 4.79 Å². The number of carbonyl (C=O) groups is 1. The monoisotopic (exact) mass is 398 g/mol. The van der Waals surface area contributed by atoms with Gasteiger partial charge in [0.15, 0.2) is 5.65 Å². The lowest BCUT2D eigenvalue weighted by atomic mass is 10.2. The van der Waals surface area contributed by atoms with Gasteiger partial charge in [-0.3, -0.25) is 4.79 Å². The average Bonchev–Trinajstić information content (AvgIpc) is 3.04. The van der Waals surface area contributed by atoms with Crippen LogP contribution < -0.4 is 11.1 Å². The summed E-state index contributed by atoms with van der Waals surface area (Å²) in [5.41, 5.74) is 6.66. The average molecular weight is 398 g/mol. The highest BCUT2D eigenvalue weighted by molar-refractivity contribution is 14.1. The van der Waals surface area contributed by atoms with Gasteiger partial charge < -0.3 is 11.1 Å². The van der Waals surface area contributed by atoms with Crippen molar-refractivity contribution in [2.45, 2.75) is 31.3 Å². The number of hydrogen-bond donors (Lipinski definition) is 2. The molecule has 110 valence electrons. The van der Waals surface area contributed by atoms with E-state index in [1.165, 1.54) is 12.4 Å². The third-order valence-corrected chi connectivity index (χ3v) is 4.51. The number of aromatic nitrogens is 4. The minimum Gasteiger partial charge on any atom is -0.383 e. The first-order chi connectivity index (χ1) is 10.1. The van der Waals surface area contributed by atoms with Crippen molar-refractivity contribution in [2.24, 2.45) is 0 Å². The predicted molar refractivity (Wildman–Crippen MR) is 87.5 cm³/mol. The molecule has 1 saturated carbocycles. The molecule has 0 saturated heterocycles. The van der Waals surface area contributed by atoms with Crippen molar-refractivity contribution >= 4 is 45.3 Å². The fraction of sp³-hybridized carbons (Fsp3) is 0.385. The molecule has 3 N–H and O–H groups in total. The molecule has 0 spiro atoms. The van der Waals surface area contributed by atoms with Crippen LogP contribution in [0.2, 0.25) is 0 Å². The first kappa shape index (κ1) is 14.2. The maximum Gasteiger partial charge on any atom is 0.243 e. The zero-order valence-electron chi connectivity index (χ0n) is 11.3. The van der Waals surface area contributed by atoms with Gasteiger partial charge in [-0.25, -0.2) is 14.6 Å². The molecule has 0 radical (unpaired) electrons. The Hall–Kier alpha value is -1.71. The predicted octanol–water partition coefficient (Wildman–Crippen LogP) is 1.41. The zero-order valence-corrected chi connectivity index (χ0v) is 13.4. The van der Waals surface area contributed by atoms with E-state index < -0.39 is 0 Å². The van der Waals surface area contributed by atoms with Crippen LogP contribution in [0, 0.1) is 3.70 Å². The molecule has 2 aromatic rings. The largest absolute Gasteiger partial charge is 0.383 e. The molecule has 2 heterocycles. The molecule has 0 unspecified atom stereocenters. The number of rotatable bonds is 3. The van der Waals surface area contributed by atoms with Crippen LogP contribution in [0.1, 0.15) is 25.3 Å². The quantitative estimate of drug-likeness (QED) is 0.602. The van der Waals surface area contributed by atoms with Crippen molar-refractivity contribution in [3.8, 4) is 0 Å². The van der Waals surface area contributed by atoms with Gasteiger partial charge in [0, 0.05) is 6.04 Å². The van der Waals surface area contributed by atoms with Crippen molar-refractivity contribution in [3.05, 3.63) is 22.7 Å². The Kier molecular flexibility index (Phi) is 3.79. The van der Waals surface area contributed by atoms with Crippen LogP contribution in [0.4, 0.5) is 5.82 Å². The first-order valence-electron chi connectivity index (χ1n) is 6.67. The summed E-state index contributed by atoms with van der Waals surface area (Å²) < 4.78 is 2.72. The van der Waals surface area contributed by atoms with E-state index in [0.717, 1.165) is 34.0 Å². The van der Waals surface area contributed by atoms with Crippen LogP contribution in [-0.2, 0) is 4.79 Å². The second-order valence-corrected chi connectivity index (χ2v) is 6.09. The lowest BCUT2D eigenvalue weighted by Crippen LogP contribution is -2.31. The molecule has 1 fully saturated rings. The van der Waals surface area contributed by atoms with Crippen molar-refractivity contribution in [1.29, 1.82) is 0 Å². The second-order valence-electron chi connectivity index (χ2n) is 5.07. The number of anilines is 1. The molecule has 7 nitrogen and oxygen atoms in total. The van der Waals surface area contributed by atoms with Gasteiger partial charge in [-0.2, -0.15) is 5.10 Å². The summed E-state index contributed by atoms with van der Waals surface area (Å²) in [5.74, 6) is 0.317. The standard InChI is InChI=1S/C13H15IN6O/c1-2-9(21)18-7-3-4-8(5-7)20-13-10(11(14)19-20)12(15)16-6-17-13/h2,6-8H,1,3-5H2,(H,18,21)(H2,15,16,17)/t7-,8-/m0/s1. The molecule has 1 amide bonds. The summed E-state index contributed by atoms with van der Waals surface area (Å²) in [6.45, 7) is 3.47. The maximum absolute atomic E-state index is 11.4. The Balaban J connectivity index is 1.87. The summed E-state index contributed by atoms with van der Waals surface area (Å²) in [6.07, 6.45) is 5.45. The van der Waals surface area contributed by atoms with E-state index in [2.05, 4.69) is 49.6 Å². The molecule has 0 aliphatic heterocycles. The van der Waals surface area contributed by atoms with Crippen LogP contribution in [0.25, 0.3) is 11.0 Å². The molecule has 0 bridgehead atoms. The highest BCUT2D eigenvalue weighted by Crippen LogP contribution is 2.33. The Bertz CT molecular complexity index is 712. The third-order valence-electron chi connectivity index (χ3n) is 3.76. The number of nitrogens with zero attached hydrogens (tertiary/aromatic N) is 4. The molecular weight excluding hydrogens is 383 g/mol. The van der Waals surface area contributed by atoms with Gasteiger partial charge in [-0.05, 0) is 47.9 Å². The Morgan fingerprint density at radius 3 is 3.10 bits per heavy atom. The number of fused-ring (bicyclic) bond motifs is 1. The smallest absolute Gasteiger partial charge is 0.243 e. The van der Waals surface area contributed by atoms with E-state index >= 15 is 0 Å². The van der Waals surface area contributed by atoms with Gasteiger partial charge in [0.25, 0.3) is 0 Å². The highest BCUT2D eigenvalue weighted by Gasteiger charge is 2.29. The lowest BCUT2D eigenvalue weighted by Gasteiger charge is -2.13. The topological polar surface area (TPSA) is 98.7 Å². The minimum absolute atomic E-state index is 0.132. The van der Waals surface area contributed by atoms with E-state index in [9.17, 15) is 4.79 Å².